The third kappa shape index (κ3) is 4.25. The Hall–Kier alpha value is -2.32. The number of halogens is 2. The number of rotatable bonds is 5. The van der Waals surface area contributed by atoms with Gasteiger partial charge in [-0.15, -0.1) is 11.3 Å². The first kappa shape index (κ1) is 18.5. The summed E-state index contributed by atoms with van der Waals surface area (Å²) >= 11 is 13.4. The van der Waals surface area contributed by atoms with Crippen LogP contribution in [0.1, 0.15) is 17.5 Å². The summed E-state index contributed by atoms with van der Waals surface area (Å²) in [6.07, 6.45) is 1.81. The lowest BCUT2D eigenvalue weighted by Crippen LogP contribution is -1.90. The number of allylic oxidation sites excluding steroid dienone is 1. The predicted octanol–water partition coefficient (Wildman–Crippen LogP) is 6.58. The highest BCUT2D eigenvalue weighted by Gasteiger charge is 2.10. The van der Waals surface area contributed by atoms with Gasteiger partial charge in [0.25, 0.3) is 0 Å². The van der Waals surface area contributed by atoms with Crippen molar-refractivity contribution in [3.63, 3.8) is 0 Å². The van der Waals surface area contributed by atoms with E-state index >= 15 is 0 Å². The van der Waals surface area contributed by atoms with Crippen molar-refractivity contribution in [2.75, 3.05) is 6.61 Å². The van der Waals surface area contributed by atoms with Crippen molar-refractivity contribution in [3.8, 4) is 23.1 Å². The average molecular weight is 401 g/mol. The summed E-state index contributed by atoms with van der Waals surface area (Å²) in [6, 6.07) is 15.2. The van der Waals surface area contributed by atoms with E-state index in [2.05, 4.69) is 11.1 Å². The minimum absolute atomic E-state index is 0.476. The maximum atomic E-state index is 9.53. The van der Waals surface area contributed by atoms with Crippen LogP contribution >= 0.6 is 34.5 Å². The Morgan fingerprint density at radius 1 is 1.19 bits per heavy atom. The summed E-state index contributed by atoms with van der Waals surface area (Å²) in [4.78, 5) is 4.57. The van der Waals surface area contributed by atoms with Crippen molar-refractivity contribution < 1.29 is 4.74 Å². The second-order valence-electron chi connectivity index (χ2n) is 5.34. The molecule has 0 unspecified atom stereocenters. The third-order valence-corrected chi connectivity index (χ3v) is 5.19. The largest absolute Gasteiger partial charge is 0.494 e. The summed E-state index contributed by atoms with van der Waals surface area (Å²) in [5.41, 5.74) is 3.04. The summed E-state index contributed by atoms with van der Waals surface area (Å²) in [7, 11) is 0. The molecule has 1 aromatic heterocycles. The molecule has 130 valence electrons. The van der Waals surface area contributed by atoms with Crippen molar-refractivity contribution in [2.24, 2.45) is 0 Å². The Morgan fingerprint density at radius 2 is 1.96 bits per heavy atom. The second kappa shape index (κ2) is 8.37. The molecular formula is C20H14Cl2N2OS. The van der Waals surface area contributed by atoms with Gasteiger partial charge in [-0.25, -0.2) is 4.98 Å². The molecule has 0 radical (unpaired) electrons. The Bertz CT molecular complexity index is 988. The zero-order chi connectivity index (χ0) is 18.5. The number of nitriles is 1. The van der Waals surface area contributed by atoms with E-state index in [-0.39, 0.29) is 0 Å². The molecule has 0 fully saturated rings. The van der Waals surface area contributed by atoms with Crippen LogP contribution in [0.2, 0.25) is 10.0 Å². The Labute approximate surface area is 166 Å². The number of ether oxygens (including phenoxy) is 1. The predicted molar refractivity (Wildman–Crippen MR) is 109 cm³/mol. The summed E-state index contributed by atoms with van der Waals surface area (Å²) in [5.74, 6) is 0.805. The van der Waals surface area contributed by atoms with Crippen LogP contribution < -0.4 is 4.74 Å². The van der Waals surface area contributed by atoms with Gasteiger partial charge in [0.2, 0.25) is 0 Å². The maximum absolute atomic E-state index is 9.53. The molecule has 3 rings (SSSR count). The molecule has 0 amide bonds. The fraction of sp³-hybridized carbons (Fsp3) is 0.100. The van der Waals surface area contributed by atoms with Gasteiger partial charge >= 0.3 is 0 Å². The smallest absolute Gasteiger partial charge is 0.134 e. The van der Waals surface area contributed by atoms with Gasteiger partial charge in [-0.1, -0.05) is 41.4 Å². The molecule has 6 heteroatoms. The molecule has 0 spiro atoms. The fourth-order valence-electron chi connectivity index (χ4n) is 2.32. The van der Waals surface area contributed by atoms with E-state index in [0.29, 0.717) is 27.2 Å². The van der Waals surface area contributed by atoms with Crippen molar-refractivity contribution in [3.05, 3.63) is 68.5 Å². The highest BCUT2D eigenvalue weighted by molar-refractivity contribution is 7.11. The van der Waals surface area contributed by atoms with Gasteiger partial charge in [0.1, 0.15) is 16.8 Å². The van der Waals surface area contributed by atoms with Crippen molar-refractivity contribution >= 4 is 46.2 Å². The maximum Gasteiger partial charge on any atom is 0.134 e. The van der Waals surface area contributed by atoms with Crippen LogP contribution in [0.5, 0.6) is 5.75 Å². The van der Waals surface area contributed by atoms with Crippen LogP contribution in [-0.4, -0.2) is 11.6 Å². The van der Waals surface area contributed by atoms with E-state index in [0.717, 1.165) is 22.6 Å². The highest BCUT2D eigenvalue weighted by atomic mass is 35.5. The molecule has 1 heterocycles. The zero-order valence-corrected chi connectivity index (χ0v) is 16.2. The Morgan fingerprint density at radius 3 is 2.62 bits per heavy atom. The van der Waals surface area contributed by atoms with E-state index in [4.69, 9.17) is 27.9 Å². The molecule has 0 aliphatic carbocycles. The van der Waals surface area contributed by atoms with E-state index in [1.807, 2.05) is 48.7 Å². The van der Waals surface area contributed by atoms with Crippen LogP contribution in [0, 0.1) is 11.3 Å². The fourth-order valence-corrected chi connectivity index (χ4v) is 3.41. The normalized spacial score (nSPS) is 11.2. The van der Waals surface area contributed by atoms with Crippen molar-refractivity contribution in [1.82, 2.24) is 4.98 Å². The topological polar surface area (TPSA) is 45.9 Å². The van der Waals surface area contributed by atoms with Crippen molar-refractivity contribution in [1.29, 1.82) is 5.26 Å². The van der Waals surface area contributed by atoms with Gasteiger partial charge in [0, 0.05) is 10.9 Å². The van der Waals surface area contributed by atoms with Crippen LogP contribution in [-0.2, 0) is 0 Å². The molecule has 26 heavy (non-hydrogen) atoms. The first-order chi connectivity index (χ1) is 12.6. The van der Waals surface area contributed by atoms with Gasteiger partial charge in [-0.3, -0.25) is 0 Å². The SMILES string of the molecule is CCOc1ccc(/C=C(/C#N)c2nc(-c3ccc(Cl)c(Cl)c3)cs2)cc1. The summed E-state index contributed by atoms with van der Waals surface area (Å²) in [6.45, 7) is 2.56. The van der Waals surface area contributed by atoms with E-state index in [9.17, 15) is 5.26 Å². The number of benzene rings is 2. The van der Waals surface area contributed by atoms with Crippen LogP contribution in [0.3, 0.4) is 0 Å². The number of nitrogens with zero attached hydrogens (tertiary/aromatic N) is 2. The quantitative estimate of drug-likeness (QED) is 0.454. The number of aromatic nitrogens is 1. The molecule has 0 saturated heterocycles. The van der Waals surface area contributed by atoms with E-state index < -0.39 is 0 Å². The Kier molecular flexibility index (Phi) is 5.95. The molecular weight excluding hydrogens is 387 g/mol. The lowest BCUT2D eigenvalue weighted by molar-refractivity contribution is 0.340. The molecule has 3 nitrogen and oxygen atoms in total. The van der Waals surface area contributed by atoms with E-state index in [1.54, 1.807) is 12.1 Å². The van der Waals surface area contributed by atoms with Crippen LogP contribution in [0.15, 0.2) is 47.8 Å². The van der Waals surface area contributed by atoms with Gasteiger partial charge in [-0.05, 0) is 42.8 Å². The third-order valence-electron chi connectivity index (χ3n) is 3.57. The van der Waals surface area contributed by atoms with Gasteiger partial charge in [-0.2, -0.15) is 5.26 Å². The van der Waals surface area contributed by atoms with Gasteiger partial charge in [0.05, 0.1) is 27.9 Å². The average Bonchev–Trinajstić information content (AvgIpc) is 3.13. The number of hydrogen-bond donors (Lipinski definition) is 0. The second-order valence-corrected chi connectivity index (χ2v) is 7.01. The number of hydrogen-bond acceptors (Lipinski definition) is 4. The molecule has 0 saturated carbocycles. The lowest BCUT2D eigenvalue weighted by atomic mass is 10.1. The molecule has 3 aromatic rings. The monoisotopic (exact) mass is 400 g/mol. The highest BCUT2D eigenvalue weighted by Crippen LogP contribution is 2.31. The lowest BCUT2D eigenvalue weighted by Gasteiger charge is -2.02. The van der Waals surface area contributed by atoms with Gasteiger partial charge in [0.15, 0.2) is 0 Å². The molecule has 0 N–H and O–H groups in total. The molecule has 0 aliphatic heterocycles. The first-order valence-electron chi connectivity index (χ1n) is 7.86. The summed E-state index contributed by atoms with van der Waals surface area (Å²) < 4.78 is 5.43. The molecule has 0 aliphatic rings. The van der Waals surface area contributed by atoms with Crippen molar-refractivity contribution in [2.45, 2.75) is 6.92 Å². The zero-order valence-electron chi connectivity index (χ0n) is 13.9. The van der Waals surface area contributed by atoms with Gasteiger partial charge < -0.3 is 4.74 Å². The Balaban J connectivity index is 1.88. The molecule has 0 atom stereocenters. The minimum Gasteiger partial charge on any atom is -0.494 e. The molecule has 0 bridgehead atoms. The number of thiazole rings is 1. The first-order valence-corrected chi connectivity index (χ1v) is 9.50. The minimum atomic E-state index is 0.476. The standard InChI is InChI=1S/C20H14Cl2N2OS/c1-2-25-16-6-3-13(4-7-16)9-15(11-23)20-24-19(12-26-20)14-5-8-17(21)18(22)10-14/h3-10,12H,2H2,1H3/b15-9-. The summed E-state index contributed by atoms with van der Waals surface area (Å²) in [5, 5.41) is 13.1. The van der Waals surface area contributed by atoms with Crippen LogP contribution in [0.25, 0.3) is 22.9 Å². The molecule has 2 aromatic carbocycles. The van der Waals surface area contributed by atoms with E-state index in [1.165, 1.54) is 11.3 Å². The van der Waals surface area contributed by atoms with Crippen LogP contribution in [0.4, 0.5) is 0 Å².